The van der Waals surface area contributed by atoms with Crippen LogP contribution in [-0.2, 0) is 0 Å². The molecule has 0 aliphatic heterocycles. The van der Waals surface area contributed by atoms with Crippen molar-refractivity contribution in [2.45, 2.75) is 16.7 Å². The summed E-state index contributed by atoms with van der Waals surface area (Å²) in [6.07, 6.45) is 0. The first-order valence-corrected chi connectivity index (χ1v) is 8.08. The predicted octanol–water partition coefficient (Wildman–Crippen LogP) is 5.67. The van der Waals surface area contributed by atoms with Crippen LogP contribution in [0.5, 0.6) is 0 Å². The van der Waals surface area contributed by atoms with E-state index < -0.39 is 23.0 Å². The maximum absolute atomic E-state index is 14.2. The number of aromatic nitrogens is 2. The summed E-state index contributed by atoms with van der Waals surface area (Å²) in [6, 6.07) is 10.8. The Bertz CT molecular complexity index is 904. The van der Waals surface area contributed by atoms with Gasteiger partial charge in [0.15, 0.2) is 16.8 Å². The van der Waals surface area contributed by atoms with Crippen molar-refractivity contribution in [1.82, 2.24) is 10.2 Å². The Morgan fingerprint density at radius 1 is 0.875 bits per heavy atom. The average molecular weight is 367 g/mol. The molecule has 0 saturated carbocycles. The van der Waals surface area contributed by atoms with E-state index in [1.54, 1.807) is 6.92 Å². The van der Waals surface area contributed by atoms with Crippen molar-refractivity contribution < 1.29 is 13.2 Å². The fraction of sp³-hybridized carbons (Fsp3) is 0.0588. The molecular weight excluding hydrogens is 357 g/mol. The number of nitrogens with zero attached hydrogens (tertiary/aromatic N) is 2. The lowest BCUT2D eigenvalue weighted by atomic mass is 10.1. The van der Waals surface area contributed by atoms with Crippen LogP contribution >= 0.6 is 23.4 Å². The zero-order chi connectivity index (χ0) is 17.3. The first-order valence-electron chi connectivity index (χ1n) is 6.88. The molecule has 0 bridgehead atoms. The zero-order valence-electron chi connectivity index (χ0n) is 12.4. The summed E-state index contributed by atoms with van der Waals surface area (Å²) in [5.41, 5.74) is -0.115. The second kappa shape index (κ2) is 6.83. The Morgan fingerprint density at radius 2 is 1.54 bits per heavy atom. The van der Waals surface area contributed by atoms with E-state index in [2.05, 4.69) is 10.2 Å². The van der Waals surface area contributed by atoms with Crippen LogP contribution in [-0.4, -0.2) is 10.2 Å². The van der Waals surface area contributed by atoms with E-state index in [1.165, 1.54) is 11.8 Å². The lowest BCUT2D eigenvalue weighted by molar-refractivity contribution is 0.498. The van der Waals surface area contributed by atoms with Crippen LogP contribution in [0.1, 0.15) is 5.69 Å². The van der Waals surface area contributed by atoms with Gasteiger partial charge in [0, 0.05) is 15.4 Å². The van der Waals surface area contributed by atoms with Crippen molar-refractivity contribution in [3.8, 4) is 11.1 Å². The zero-order valence-corrected chi connectivity index (χ0v) is 13.9. The molecule has 0 saturated heterocycles. The van der Waals surface area contributed by atoms with Gasteiger partial charge < -0.3 is 0 Å². The van der Waals surface area contributed by atoms with Crippen molar-refractivity contribution in [1.29, 1.82) is 0 Å². The molecule has 0 atom stereocenters. The van der Waals surface area contributed by atoms with Crippen LogP contribution < -0.4 is 0 Å². The van der Waals surface area contributed by atoms with Crippen molar-refractivity contribution in [2.24, 2.45) is 0 Å². The molecule has 122 valence electrons. The van der Waals surface area contributed by atoms with Gasteiger partial charge in [0.1, 0.15) is 5.82 Å². The van der Waals surface area contributed by atoms with E-state index in [1.807, 2.05) is 30.3 Å². The maximum Gasteiger partial charge on any atom is 0.169 e. The highest BCUT2D eigenvalue weighted by atomic mass is 35.5. The summed E-state index contributed by atoms with van der Waals surface area (Å²) in [7, 11) is 0. The van der Waals surface area contributed by atoms with Gasteiger partial charge in [-0.05, 0) is 31.2 Å². The first-order chi connectivity index (χ1) is 11.5. The quantitative estimate of drug-likeness (QED) is 0.558. The van der Waals surface area contributed by atoms with Crippen LogP contribution in [0.4, 0.5) is 13.2 Å². The molecule has 0 radical (unpaired) electrons. The summed E-state index contributed by atoms with van der Waals surface area (Å²) in [5, 5.41) is 7.42. The molecule has 0 unspecified atom stereocenters. The molecule has 0 fully saturated rings. The molecule has 1 heterocycles. The van der Waals surface area contributed by atoms with Crippen LogP contribution in [0.3, 0.4) is 0 Å². The predicted molar refractivity (Wildman–Crippen MR) is 87.7 cm³/mol. The molecule has 0 amide bonds. The van der Waals surface area contributed by atoms with Gasteiger partial charge in [0.25, 0.3) is 0 Å². The van der Waals surface area contributed by atoms with E-state index in [0.29, 0.717) is 10.6 Å². The van der Waals surface area contributed by atoms with Crippen LogP contribution in [0.25, 0.3) is 11.1 Å². The van der Waals surface area contributed by atoms with Gasteiger partial charge in [0.2, 0.25) is 0 Å². The average Bonchev–Trinajstić information content (AvgIpc) is 2.58. The number of benzene rings is 2. The first kappa shape index (κ1) is 16.8. The second-order valence-corrected chi connectivity index (χ2v) is 6.36. The Balaban J connectivity index is 2.26. The van der Waals surface area contributed by atoms with E-state index in [-0.39, 0.29) is 10.7 Å². The minimum atomic E-state index is -1.31. The van der Waals surface area contributed by atoms with Crippen molar-refractivity contribution in [3.05, 3.63) is 70.8 Å². The molecule has 2 nitrogen and oxygen atoms in total. The van der Waals surface area contributed by atoms with Gasteiger partial charge in [-0.3, -0.25) is 0 Å². The molecule has 7 heteroatoms. The number of hydrogen-bond donors (Lipinski definition) is 0. The SMILES string of the molecule is Cc1nnc(Cl)c(-c2c(F)ccc(F)c2F)c1Sc1ccccc1. The Hall–Kier alpha value is -2.05. The topological polar surface area (TPSA) is 25.8 Å². The standard InChI is InChI=1S/C17H10ClF3N2S/c1-9-16(24-10-5-3-2-4-6-10)14(17(18)23-22-9)13-11(19)7-8-12(20)15(13)21/h2-8H,1H3. The lowest BCUT2D eigenvalue weighted by Gasteiger charge is -2.14. The van der Waals surface area contributed by atoms with Crippen molar-refractivity contribution in [2.75, 3.05) is 0 Å². The fourth-order valence-electron chi connectivity index (χ4n) is 2.19. The van der Waals surface area contributed by atoms with Gasteiger partial charge in [-0.15, -0.1) is 5.10 Å². The summed E-state index contributed by atoms with van der Waals surface area (Å²) in [5.74, 6) is -3.38. The van der Waals surface area contributed by atoms with Crippen LogP contribution in [0.2, 0.25) is 5.15 Å². The van der Waals surface area contributed by atoms with E-state index in [4.69, 9.17) is 11.6 Å². The summed E-state index contributed by atoms with van der Waals surface area (Å²) in [6.45, 7) is 1.65. The molecule has 0 N–H and O–H groups in total. The molecular formula is C17H10ClF3N2S. The third kappa shape index (κ3) is 3.12. The minimum Gasteiger partial charge on any atom is -0.206 e. The van der Waals surface area contributed by atoms with E-state index >= 15 is 0 Å². The molecule has 0 aliphatic carbocycles. The number of rotatable bonds is 3. The highest BCUT2D eigenvalue weighted by Crippen LogP contribution is 2.42. The monoisotopic (exact) mass is 366 g/mol. The van der Waals surface area contributed by atoms with E-state index in [9.17, 15) is 13.2 Å². The Morgan fingerprint density at radius 3 is 2.25 bits per heavy atom. The normalized spacial score (nSPS) is 10.9. The van der Waals surface area contributed by atoms with Gasteiger partial charge in [-0.2, -0.15) is 5.10 Å². The molecule has 2 aromatic carbocycles. The number of aryl methyl sites for hydroxylation is 1. The minimum absolute atomic E-state index is 0.00693. The molecule has 1 aromatic heterocycles. The second-order valence-electron chi connectivity index (χ2n) is 4.91. The summed E-state index contributed by atoms with van der Waals surface area (Å²) in [4.78, 5) is 1.24. The largest absolute Gasteiger partial charge is 0.206 e. The summed E-state index contributed by atoms with van der Waals surface area (Å²) >= 11 is 7.29. The van der Waals surface area contributed by atoms with Crippen molar-refractivity contribution in [3.63, 3.8) is 0 Å². The van der Waals surface area contributed by atoms with Gasteiger partial charge in [-0.1, -0.05) is 41.6 Å². The third-order valence-electron chi connectivity index (χ3n) is 3.31. The summed E-state index contributed by atoms with van der Waals surface area (Å²) < 4.78 is 42.1. The number of halogens is 4. The highest BCUT2D eigenvalue weighted by molar-refractivity contribution is 7.99. The van der Waals surface area contributed by atoms with Gasteiger partial charge in [-0.25, -0.2) is 13.2 Å². The molecule has 3 aromatic rings. The molecule has 0 aliphatic rings. The lowest BCUT2D eigenvalue weighted by Crippen LogP contribution is -2.01. The smallest absolute Gasteiger partial charge is 0.169 e. The molecule has 0 spiro atoms. The van der Waals surface area contributed by atoms with Gasteiger partial charge in [0.05, 0.1) is 11.3 Å². The maximum atomic E-state index is 14.2. The molecule has 24 heavy (non-hydrogen) atoms. The highest BCUT2D eigenvalue weighted by Gasteiger charge is 2.24. The fourth-order valence-corrected chi connectivity index (χ4v) is 3.49. The van der Waals surface area contributed by atoms with Crippen molar-refractivity contribution >= 4 is 23.4 Å². The third-order valence-corrected chi connectivity index (χ3v) is 4.78. The van der Waals surface area contributed by atoms with Gasteiger partial charge >= 0.3 is 0 Å². The number of hydrogen-bond acceptors (Lipinski definition) is 3. The Kier molecular flexibility index (Phi) is 4.78. The van der Waals surface area contributed by atoms with Crippen LogP contribution in [0, 0.1) is 24.4 Å². The Labute approximate surface area is 145 Å². The molecule has 3 rings (SSSR count). The van der Waals surface area contributed by atoms with Crippen LogP contribution in [0.15, 0.2) is 52.3 Å². The van der Waals surface area contributed by atoms with E-state index in [0.717, 1.165) is 17.0 Å².